The minimum absolute atomic E-state index is 0.161. The van der Waals surface area contributed by atoms with Crippen LogP contribution in [-0.2, 0) is 0 Å². The number of hydrogen-bond donors (Lipinski definition) is 4. The number of aliphatic hydroxyl groups is 1. The van der Waals surface area contributed by atoms with E-state index in [0.717, 1.165) is 49.9 Å². The average Bonchev–Trinajstić information content (AvgIpc) is 3.18. The predicted octanol–water partition coefficient (Wildman–Crippen LogP) is 1.74. The molecule has 0 saturated carbocycles. The van der Waals surface area contributed by atoms with Gasteiger partial charge in [0.15, 0.2) is 0 Å². The molecule has 1 aromatic heterocycles. The molecule has 2 aromatic rings. The van der Waals surface area contributed by atoms with Crippen molar-refractivity contribution in [2.45, 2.75) is 44.7 Å². The minimum atomic E-state index is -0.161. The average molecular weight is 332 g/mol. The maximum absolute atomic E-state index is 11.3. The predicted molar refractivity (Wildman–Crippen MR) is 96.3 cm³/mol. The molecule has 24 heavy (non-hydrogen) atoms. The van der Waals surface area contributed by atoms with Crippen molar-refractivity contribution >= 4 is 11.0 Å². The molecule has 132 valence electrons. The molecule has 1 fully saturated rings. The number of benzene rings is 1. The van der Waals surface area contributed by atoms with E-state index in [0.29, 0.717) is 12.6 Å². The maximum Gasteiger partial charge on any atom is 0.323 e. The number of H-pyrrole nitrogens is 2. The van der Waals surface area contributed by atoms with Gasteiger partial charge in [-0.05, 0) is 69.9 Å². The highest BCUT2D eigenvalue weighted by Gasteiger charge is 2.22. The summed E-state index contributed by atoms with van der Waals surface area (Å²) in [4.78, 5) is 19.3. The van der Waals surface area contributed by atoms with Crippen LogP contribution in [0.2, 0.25) is 0 Å². The van der Waals surface area contributed by atoms with Crippen molar-refractivity contribution in [1.29, 1.82) is 0 Å². The number of fused-ring (bicyclic) bond motifs is 1. The molecule has 0 spiro atoms. The molecule has 2 heterocycles. The summed E-state index contributed by atoms with van der Waals surface area (Å²) < 4.78 is 0. The van der Waals surface area contributed by atoms with Crippen LogP contribution in [0.4, 0.5) is 0 Å². The molecule has 3 rings (SSSR count). The molecule has 1 aliphatic rings. The van der Waals surface area contributed by atoms with Crippen LogP contribution in [0.1, 0.15) is 44.2 Å². The molecule has 4 N–H and O–H groups in total. The third-order valence-corrected chi connectivity index (χ3v) is 5.07. The Labute approximate surface area is 142 Å². The number of aromatic amines is 2. The van der Waals surface area contributed by atoms with Gasteiger partial charge >= 0.3 is 5.69 Å². The SMILES string of the molecule is CC(NCCCCN1CCCC1CO)c1ccc2[nH]c(=O)[nH]c2c1. The molecule has 0 amide bonds. The lowest BCUT2D eigenvalue weighted by Gasteiger charge is -2.22. The summed E-state index contributed by atoms with van der Waals surface area (Å²) in [6.07, 6.45) is 4.63. The zero-order chi connectivity index (χ0) is 16.9. The highest BCUT2D eigenvalue weighted by Crippen LogP contribution is 2.18. The van der Waals surface area contributed by atoms with Crippen LogP contribution >= 0.6 is 0 Å². The van der Waals surface area contributed by atoms with Crippen LogP contribution in [0.3, 0.4) is 0 Å². The Morgan fingerprint density at radius 1 is 1.33 bits per heavy atom. The fourth-order valence-corrected chi connectivity index (χ4v) is 3.59. The van der Waals surface area contributed by atoms with Gasteiger partial charge in [-0.15, -0.1) is 0 Å². The first-order valence-corrected chi connectivity index (χ1v) is 8.97. The van der Waals surface area contributed by atoms with Crippen LogP contribution in [0.15, 0.2) is 23.0 Å². The van der Waals surface area contributed by atoms with Gasteiger partial charge in [0, 0.05) is 12.1 Å². The van der Waals surface area contributed by atoms with Crippen LogP contribution in [-0.4, -0.2) is 52.3 Å². The van der Waals surface area contributed by atoms with Gasteiger partial charge in [0.05, 0.1) is 17.6 Å². The van der Waals surface area contributed by atoms with Gasteiger partial charge in [0.1, 0.15) is 0 Å². The van der Waals surface area contributed by atoms with Crippen molar-refractivity contribution < 1.29 is 5.11 Å². The van der Waals surface area contributed by atoms with Crippen molar-refractivity contribution in [1.82, 2.24) is 20.2 Å². The van der Waals surface area contributed by atoms with Gasteiger partial charge in [-0.3, -0.25) is 4.90 Å². The molecule has 6 heteroatoms. The van der Waals surface area contributed by atoms with Crippen molar-refractivity contribution in [3.8, 4) is 0 Å². The molecule has 0 radical (unpaired) electrons. The van der Waals surface area contributed by atoms with E-state index < -0.39 is 0 Å². The smallest absolute Gasteiger partial charge is 0.323 e. The van der Waals surface area contributed by atoms with Gasteiger partial charge in [0.2, 0.25) is 0 Å². The van der Waals surface area contributed by atoms with Crippen LogP contribution in [0.25, 0.3) is 11.0 Å². The number of imidazole rings is 1. The monoisotopic (exact) mass is 332 g/mol. The van der Waals surface area contributed by atoms with E-state index in [2.05, 4.69) is 33.2 Å². The summed E-state index contributed by atoms with van der Waals surface area (Å²) in [7, 11) is 0. The summed E-state index contributed by atoms with van der Waals surface area (Å²) in [6.45, 7) is 5.62. The zero-order valence-electron chi connectivity index (χ0n) is 14.3. The number of aliphatic hydroxyl groups excluding tert-OH is 1. The fraction of sp³-hybridized carbons (Fsp3) is 0.611. The number of aromatic nitrogens is 2. The van der Waals surface area contributed by atoms with E-state index in [9.17, 15) is 9.90 Å². The van der Waals surface area contributed by atoms with Crippen LogP contribution in [0, 0.1) is 0 Å². The van der Waals surface area contributed by atoms with Gasteiger partial charge < -0.3 is 20.4 Å². The second-order valence-corrected chi connectivity index (χ2v) is 6.78. The summed E-state index contributed by atoms with van der Waals surface area (Å²) in [5.41, 5.74) is 2.72. The Kier molecular flexibility index (Phi) is 5.71. The first-order chi connectivity index (χ1) is 11.7. The number of hydrogen-bond acceptors (Lipinski definition) is 4. The second kappa shape index (κ2) is 7.96. The largest absolute Gasteiger partial charge is 0.395 e. The van der Waals surface area contributed by atoms with Gasteiger partial charge in [0.25, 0.3) is 0 Å². The molecule has 0 bridgehead atoms. The molecular weight excluding hydrogens is 304 g/mol. The maximum atomic E-state index is 11.3. The van der Waals surface area contributed by atoms with Crippen molar-refractivity contribution in [2.75, 3.05) is 26.2 Å². The van der Waals surface area contributed by atoms with Gasteiger partial charge in [-0.25, -0.2) is 4.79 Å². The van der Waals surface area contributed by atoms with E-state index in [1.54, 1.807) is 0 Å². The lowest BCUT2D eigenvalue weighted by atomic mass is 10.1. The standard InChI is InChI=1S/C18H28N4O2/c1-13(14-6-7-16-17(11-14)21-18(24)20-16)19-8-2-3-9-22-10-4-5-15(22)12-23/h6-7,11,13,15,19,23H,2-5,8-10,12H2,1H3,(H2,20,21,24). The zero-order valence-corrected chi connectivity index (χ0v) is 14.3. The molecule has 0 aliphatic carbocycles. The summed E-state index contributed by atoms with van der Waals surface area (Å²) in [6, 6.07) is 6.67. The molecule has 1 aliphatic heterocycles. The van der Waals surface area contributed by atoms with Crippen molar-refractivity contribution in [3.63, 3.8) is 0 Å². The van der Waals surface area contributed by atoms with Crippen LogP contribution < -0.4 is 11.0 Å². The van der Waals surface area contributed by atoms with E-state index in [-0.39, 0.29) is 11.7 Å². The van der Waals surface area contributed by atoms with E-state index >= 15 is 0 Å². The lowest BCUT2D eigenvalue weighted by molar-refractivity contribution is 0.157. The highest BCUT2D eigenvalue weighted by molar-refractivity contribution is 5.75. The Morgan fingerprint density at radius 3 is 3.00 bits per heavy atom. The Morgan fingerprint density at radius 2 is 2.17 bits per heavy atom. The topological polar surface area (TPSA) is 84.2 Å². The number of nitrogens with zero attached hydrogens (tertiary/aromatic N) is 1. The third-order valence-electron chi connectivity index (χ3n) is 5.07. The third kappa shape index (κ3) is 4.06. The van der Waals surface area contributed by atoms with Crippen LogP contribution in [0.5, 0.6) is 0 Å². The number of unbranched alkanes of at least 4 members (excludes halogenated alkanes) is 1. The summed E-state index contributed by atoms with van der Waals surface area (Å²) in [5, 5.41) is 12.9. The normalized spacial score (nSPS) is 20.0. The first-order valence-electron chi connectivity index (χ1n) is 8.97. The second-order valence-electron chi connectivity index (χ2n) is 6.78. The first kappa shape index (κ1) is 17.2. The van der Waals surface area contributed by atoms with E-state index in [1.165, 1.54) is 12.0 Å². The molecule has 2 atom stereocenters. The van der Waals surface area contributed by atoms with E-state index in [1.807, 2.05) is 12.1 Å². The molecule has 6 nitrogen and oxygen atoms in total. The number of nitrogens with one attached hydrogen (secondary N) is 3. The number of rotatable bonds is 8. The lowest BCUT2D eigenvalue weighted by Crippen LogP contribution is -2.33. The van der Waals surface area contributed by atoms with E-state index in [4.69, 9.17) is 0 Å². The molecular formula is C18H28N4O2. The summed E-state index contributed by atoms with van der Waals surface area (Å²) in [5.74, 6) is 0. The fourth-order valence-electron chi connectivity index (χ4n) is 3.59. The number of likely N-dealkylation sites (tertiary alicyclic amines) is 1. The van der Waals surface area contributed by atoms with Gasteiger partial charge in [-0.1, -0.05) is 6.07 Å². The Bertz CT molecular complexity index is 708. The Balaban J connectivity index is 1.41. The summed E-state index contributed by atoms with van der Waals surface area (Å²) >= 11 is 0. The quantitative estimate of drug-likeness (QED) is 0.555. The van der Waals surface area contributed by atoms with Gasteiger partial charge in [-0.2, -0.15) is 0 Å². The molecule has 1 saturated heterocycles. The highest BCUT2D eigenvalue weighted by atomic mass is 16.3. The molecule has 2 unspecified atom stereocenters. The minimum Gasteiger partial charge on any atom is -0.395 e. The van der Waals surface area contributed by atoms with Crippen molar-refractivity contribution in [3.05, 3.63) is 34.2 Å². The Hall–Kier alpha value is -1.63. The van der Waals surface area contributed by atoms with Crippen molar-refractivity contribution in [2.24, 2.45) is 0 Å². The molecule has 1 aromatic carbocycles.